The Bertz CT molecular complexity index is 508. The van der Waals surface area contributed by atoms with Gasteiger partial charge in [0.1, 0.15) is 6.61 Å². The zero-order valence-electron chi connectivity index (χ0n) is 13.8. The van der Waals surface area contributed by atoms with Crippen molar-refractivity contribution < 1.29 is 19.1 Å². The van der Waals surface area contributed by atoms with Crippen LogP contribution in [-0.4, -0.2) is 38.5 Å². The number of rotatable bonds is 8. The molecule has 1 aromatic carbocycles. The number of carbonyl (C=O) groups is 2. The third-order valence-corrected chi connectivity index (χ3v) is 2.99. The van der Waals surface area contributed by atoms with E-state index < -0.39 is 6.09 Å². The van der Waals surface area contributed by atoms with Gasteiger partial charge in [0.15, 0.2) is 0 Å². The molecule has 0 saturated heterocycles. The predicted octanol–water partition coefficient (Wildman–Crippen LogP) is 3.19. The zero-order valence-corrected chi connectivity index (χ0v) is 13.8. The van der Waals surface area contributed by atoms with Gasteiger partial charge in [-0.1, -0.05) is 19.4 Å². The number of ether oxygens (including phenoxy) is 2. The van der Waals surface area contributed by atoms with Crippen molar-refractivity contribution in [1.29, 1.82) is 0 Å². The van der Waals surface area contributed by atoms with Crippen LogP contribution in [0, 0.1) is 0 Å². The van der Waals surface area contributed by atoms with Crippen LogP contribution < -0.4 is 16.0 Å². The zero-order chi connectivity index (χ0) is 17.1. The molecule has 3 amide bonds. The van der Waals surface area contributed by atoms with Crippen LogP contribution in [0.4, 0.5) is 21.0 Å². The van der Waals surface area contributed by atoms with Crippen molar-refractivity contribution in [2.75, 3.05) is 31.0 Å². The van der Waals surface area contributed by atoms with E-state index in [2.05, 4.69) is 22.9 Å². The fourth-order valence-electron chi connectivity index (χ4n) is 1.94. The lowest BCUT2D eigenvalue weighted by molar-refractivity contribution is 0.107. The molecule has 0 aromatic heterocycles. The molecule has 0 aliphatic heterocycles. The molecule has 1 rings (SSSR count). The molecule has 0 unspecified atom stereocenters. The number of carbonyl (C=O) groups excluding carboxylic acids is 2. The SMILES string of the molecule is CCC[C@H](C)NC(=O)Nc1cccc(NC(=O)OCCOC)c1. The molecule has 1 aromatic rings. The molecule has 3 N–H and O–H groups in total. The lowest BCUT2D eigenvalue weighted by Crippen LogP contribution is -2.35. The summed E-state index contributed by atoms with van der Waals surface area (Å²) in [5.74, 6) is 0. The maximum Gasteiger partial charge on any atom is 0.411 e. The lowest BCUT2D eigenvalue weighted by atomic mass is 10.2. The van der Waals surface area contributed by atoms with E-state index in [1.807, 2.05) is 6.92 Å². The Labute approximate surface area is 136 Å². The van der Waals surface area contributed by atoms with Crippen LogP contribution in [0.1, 0.15) is 26.7 Å². The van der Waals surface area contributed by atoms with Crippen molar-refractivity contribution in [1.82, 2.24) is 5.32 Å². The first-order valence-electron chi connectivity index (χ1n) is 7.65. The molecule has 0 aliphatic rings. The summed E-state index contributed by atoms with van der Waals surface area (Å²) >= 11 is 0. The van der Waals surface area contributed by atoms with Crippen molar-refractivity contribution in [2.24, 2.45) is 0 Å². The number of methoxy groups -OCH3 is 1. The monoisotopic (exact) mass is 323 g/mol. The Balaban J connectivity index is 2.49. The summed E-state index contributed by atoms with van der Waals surface area (Å²) in [6, 6.07) is 6.67. The normalized spacial score (nSPS) is 11.4. The molecule has 0 aliphatic carbocycles. The number of hydrogen-bond acceptors (Lipinski definition) is 4. The highest BCUT2D eigenvalue weighted by Crippen LogP contribution is 2.15. The average molecular weight is 323 g/mol. The van der Waals surface area contributed by atoms with E-state index >= 15 is 0 Å². The first kappa shape index (κ1) is 18.8. The number of anilines is 2. The van der Waals surface area contributed by atoms with Crippen LogP contribution in [0.5, 0.6) is 0 Å². The van der Waals surface area contributed by atoms with Gasteiger partial charge in [0.25, 0.3) is 0 Å². The van der Waals surface area contributed by atoms with Gasteiger partial charge in [-0.15, -0.1) is 0 Å². The lowest BCUT2D eigenvalue weighted by Gasteiger charge is -2.14. The van der Waals surface area contributed by atoms with E-state index in [9.17, 15) is 9.59 Å². The van der Waals surface area contributed by atoms with Gasteiger partial charge in [-0.2, -0.15) is 0 Å². The summed E-state index contributed by atoms with van der Waals surface area (Å²) in [6.07, 6.45) is 1.36. The highest BCUT2D eigenvalue weighted by molar-refractivity contribution is 5.91. The van der Waals surface area contributed by atoms with E-state index in [1.165, 1.54) is 7.11 Å². The molecule has 7 nitrogen and oxygen atoms in total. The molecule has 0 radical (unpaired) electrons. The van der Waals surface area contributed by atoms with Crippen LogP contribution >= 0.6 is 0 Å². The van der Waals surface area contributed by atoms with E-state index in [4.69, 9.17) is 9.47 Å². The Morgan fingerprint density at radius 2 is 1.87 bits per heavy atom. The third kappa shape index (κ3) is 8.06. The number of urea groups is 1. The molecule has 7 heteroatoms. The fraction of sp³-hybridized carbons (Fsp3) is 0.500. The molecule has 0 spiro atoms. The van der Waals surface area contributed by atoms with Gasteiger partial charge in [-0.05, 0) is 31.5 Å². The number of hydrogen-bond donors (Lipinski definition) is 3. The van der Waals surface area contributed by atoms with E-state index in [0.29, 0.717) is 18.0 Å². The summed E-state index contributed by atoms with van der Waals surface area (Å²) in [5, 5.41) is 8.17. The molecular formula is C16H25N3O4. The quantitative estimate of drug-likeness (QED) is 0.641. The van der Waals surface area contributed by atoms with E-state index in [1.54, 1.807) is 24.3 Å². The summed E-state index contributed by atoms with van der Waals surface area (Å²) in [6.45, 7) is 4.54. The number of amides is 3. The summed E-state index contributed by atoms with van der Waals surface area (Å²) < 4.78 is 9.71. The Hall–Kier alpha value is -2.28. The minimum Gasteiger partial charge on any atom is -0.447 e. The standard InChI is InChI=1S/C16H25N3O4/c1-4-6-12(2)17-15(20)18-13-7-5-8-14(11-13)19-16(21)23-10-9-22-3/h5,7-8,11-12H,4,6,9-10H2,1-3H3,(H,19,21)(H2,17,18,20)/t12-/m0/s1. The molecule has 0 saturated carbocycles. The summed E-state index contributed by atoms with van der Waals surface area (Å²) in [4.78, 5) is 23.4. The topological polar surface area (TPSA) is 88.7 Å². The highest BCUT2D eigenvalue weighted by Gasteiger charge is 2.08. The van der Waals surface area contributed by atoms with E-state index in [-0.39, 0.29) is 18.7 Å². The van der Waals surface area contributed by atoms with Gasteiger partial charge in [-0.3, -0.25) is 5.32 Å². The smallest absolute Gasteiger partial charge is 0.411 e. The number of nitrogens with one attached hydrogen (secondary N) is 3. The third-order valence-electron chi connectivity index (χ3n) is 2.99. The largest absolute Gasteiger partial charge is 0.447 e. The highest BCUT2D eigenvalue weighted by atomic mass is 16.6. The second kappa shape index (κ2) is 10.4. The van der Waals surface area contributed by atoms with E-state index in [0.717, 1.165) is 12.8 Å². The second-order valence-electron chi connectivity index (χ2n) is 5.12. The molecule has 23 heavy (non-hydrogen) atoms. The first-order valence-corrected chi connectivity index (χ1v) is 7.65. The van der Waals surface area contributed by atoms with Gasteiger partial charge < -0.3 is 20.1 Å². The van der Waals surface area contributed by atoms with Gasteiger partial charge in [0.2, 0.25) is 0 Å². The second-order valence-corrected chi connectivity index (χ2v) is 5.12. The van der Waals surface area contributed by atoms with Gasteiger partial charge in [0.05, 0.1) is 6.61 Å². The van der Waals surface area contributed by atoms with Gasteiger partial charge in [0, 0.05) is 24.5 Å². The fourth-order valence-corrected chi connectivity index (χ4v) is 1.94. The van der Waals surface area contributed by atoms with Crippen LogP contribution in [0.15, 0.2) is 24.3 Å². The number of benzene rings is 1. The van der Waals surface area contributed by atoms with Crippen molar-refractivity contribution in [3.05, 3.63) is 24.3 Å². The Kier molecular flexibility index (Phi) is 8.52. The van der Waals surface area contributed by atoms with Crippen molar-refractivity contribution in [3.8, 4) is 0 Å². The van der Waals surface area contributed by atoms with Crippen molar-refractivity contribution in [3.63, 3.8) is 0 Å². The van der Waals surface area contributed by atoms with Gasteiger partial charge >= 0.3 is 12.1 Å². The Morgan fingerprint density at radius 1 is 1.17 bits per heavy atom. The maximum atomic E-state index is 11.9. The molecule has 128 valence electrons. The summed E-state index contributed by atoms with van der Waals surface area (Å²) in [7, 11) is 1.53. The predicted molar refractivity (Wildman–Crippen MR) is 89.8 cm³/mol. The molecule has 0 fully saturated rings. The average Bonchev–Trinajstić information content (AvgIpc) is 2.47. The minimum absolute atomic E-state index is 0.108. The molecule has 0 heterocycles. The molecule has 0 bridgehead atoms. The minimum atomic E-state index is -0.569. The first-order chi connectivity index (χ1) is 11.0. The van der Waals surface area contributed by atoms with Crippen LogP contribution in [0.25, 0.3) is 0 Å². The van der Waals surface area contributed by atoms with Gasteiger partial charge in [-0.25, -0.2) is 9.59 Å². The summed E-state index contributed by atoms with van der Waals surface area (Å²) in [5.41, 5.74) is 1.12. The van der Waals surface area contributed by atoms with Crippen molar-refractivity contribution >= 4 is 23.5 Å². The van der Waals surface area contributed by atoms with Crippen molar-refractivity contribution in [2.45, 2.75) is 32.7 Å². The Morgan fingerprint density at radius 3 is 2.52 bits per heavy atom. The van der Waals surface area contributed by atoms with Crippen LogP contribution in [0.3, 0.4) is 0 Å². The maximum absolute atomic E-state index is 11.9. The van der Waals surface area contributed by atoms with Crippen LogP contribution in [0.2, 0.25) is 0 Å². The molecular weight excluding hydrogens is 298 g/mol. The van der Waals surface area contributed by atoms with Crippen LogP contribution in [-0.2, 0) is 9.47 Å². The molecule has 1 atom stereocenters.